The van der Waals surface area contributed by atoms with Crippen LogP contribution >= 0.6 is 0 Å². The minimum absolute atomic E-state index is 0.0955. The van der Waals surface area contributed by atoms with E-state index < -0.39 is 17.4 Å². The molecule has 1 aromatic heterocycles. The molecule has 0 bridgehead atoms. The van der Waals surface area contributed by atoms with Gasteiger partial charge in [0.15, 0.2) is 0 Å². The van der Waals surface area contributed by atoms with Crippen LogP contribution in [0.15, 0.2) is 23.0 Å². The second-order valence-electron chi connectivity index (χ2n) is 8.43. The molecule has 1 saturated heterocycles. The molecule has 1 atom stereocenters. The number of aryl methyl sites for hydroxylation is 2. The Bertz CT molecular complexity index is 1150. The maximum Gasteiger partial charge on any atom is 0.258 e. The molecule has 1 unspecified atom stereocenters. The van der Waals surface area contributed by atoms with Crippen LogP contribution in [-0.4, -0.2) is 40.8 Å². The van der Waals surface area contributed by atoms with E-state index in [1.807, 2.05) is 36.9 Å². The van der Waals surface area contributed by atoms with Gasteiger partial charge in [0.2, 0.25) is 23.7 Å². The first-order valence-corrected chi connectivity index (χ1v) is 10.6. The number of benzene rings is 1. The minimum atomic E-state index is -0.954. The summed E-state index contributed by atoms with van der Waals surface area (Å²) in [7, 11) is 0. The van der Waals surface area contributed by atoms with Crippen molar-refractivity contribution >= 4 is 35.2 Å². The highest BCUT2D eigenvalue weighted by Gasteiger charge is 2.35. The fourth-order valence-corrected chi connectivity index (χ4v) is 4.20. The van der Waals surface area contributed by atoms with E-state index in [4.69, 9.17) is 5.73 Å². The average Bonchev–Trinajstić information content (AvgIpc) is 2.75. The van der Waals surface area contributed by atoms with E-state index >= 15 is 0 Å². The molecule has 3 amide bonds. The fraction of sp³-hybridized carbons (Fsp3) is 0.409. The van der Waals surface area contributed by atoms with E-state index in [1.165, 1.54) is 0 Å². The van der Waals surface area contributed by atoms with Crippen molar-refractivity contribution in [3.05, 3.63) is 45.2 Å². The van der Waals surface area contributed by atoms with Gasteiger partial charge in [-0.2, -0.15) is 4.98 Å². The number of amides is 3. The van der Waals surface area contributed by atoms with Gasteiger partial charge in [0, 0.05) is 31.1 Å². The van der Waals surface area contributed by atoms with Crippen LogP contribution in [0.1, 0.15) is 41.9 Å². The lowest BCUT2D eigenvalue weighted by Gasteiger charge is -2.32. The second-order valence-corrected chi connectivity index (χ2v) is 8.43. The summed E-state index contributed by atoms with van der Waals surface area (Å²) in [5, 5.41) is 5.47. The lowest BCUT2D eigenvalue weighted by atomic mass is 9.92. The molecule has 1 aromatic carbocycles. The second kappa shape index (κ2) is 8.45. The standard InChI is InChI=1S/C22H26N6O4/c1-11-3-4-12(2)15(9-11)24-20(31)14-10-16(29)25-19-17(14)21(32)27-22(26-19)28-7-5-13(6-8-28)18(23)30/h3-4,9,13-14H,5-8,10H2,1-2H3,(H2,23,30)(H,24,31)(H2,25,26,27,29,32). The number of aromatic amines is 1. The number of aromatic nitrogens is 2. The van der Waals surface area contributed by atoms with Crippen LogP contribution in [0.3, 0.4) is 0 Å². The highest BCUT2D eigenvalue weighted by atomic mass is 16.2. The number of hydrogen-bond donors (Lipinski definition) is 4. The lowest BCUT2D eigenvalue weighted by molar-refractivity contribution is -0.123. The molecule has 168 valence electrons. The molecule has 0 radical (unpaired) electrons. The smallest absolute Gasteiger partial charge is 0.258 e. The number of H-pyrrole nitrogens is 1. The van der Waals surface area contributed by atoms with E-state index in [9.17, 15) is 19.2 Å². The van der Waals surface area contributed by atoms with Crippen molar-refractivity contribution in [2.75, 3.05) is 28.6 Å². The van der Waals surface area contributed by atoms with Crippen LogP contribution in [0.4, 0.5) is 17.5 Å². The number of rotatable bonds is 4. The quantitative estimate of drug-likeness (QED) is 0.562. The number of hydrogen-bond acceptors (Lipinski definition) is 6. The van der Waals surface area contributed by atoms with Gasteiger partial charge in [-0.05, 0) is 43.9 Å². The summed E-state index contributed by atoms with van der Waals surface area (Å²) >= 11 is 0. The fourth-order valence-electron chi connectivity index (χ4n) is 4.20. The molecule has 10 nitrogen and oxygen atoms in total. The Hall–Kier alpha value is -3.69. The molecule has 3 heterocycles. The number of primary amides is 1. The molecule has 1 fully saturated rings. The molecule has 2 aromatic rings. The zero-order chi connectivity index (χ0) is 23.0. The zero-order valence-electron chi connectivity index (χ0n) is 18.0. The van der Waals surface area contributed by atoms with Crippen LogP contribution in [-0.2, 0) is 14.4 Å². The first kappa shape index (κ1) is 21.5. The maximum atomic E-state index is 13.1. The predicted molar refractivity (Wildman–Crippen MR) is 120 cm³/mol. The zero-order valence-corrected chi connectivity index (χ0v) is 18.0. The van der Waals surface area contributed by atoms with Gasteiger partial charge in [0.1, 0.15) is 5.82 Å². The molecule has 0 saturated carbocycles. The number of piperidine rings is 1. The van der Waals surface area contributed by atoms with Crippen molar-refractivity contribution in [2.45, 2.75) is 39.0 Å². The Kier molecular flexibility index (Phi) is 5.68. The number of nitrogens with zero attached hydrogens (tertiary/aromatic N) is 2. The minimum Gasteiger partial charge on any atom is -0.369 e. The number of fused-ring (bicyclic) bond motifs is 1. The summed E-state index contributed by atoms with van der Waals surface area (Å²) in [5.41, 5.74) is 7.56. The highest BCUT2D eigenvalue weighted by molar-refractivity contribution is 6.04. The van der Waals surface area contributed by atoms with Gasteiger partial charge < -0.3 is 21.3 Å². The highest BCUT2D eigenvalue weighted by Crippen LogP contribution is 2.31. The summed E-state index contributed by atoms with van der Waals surface area (Å²) in [6.07, 6.45) is 0.977. The van der Waals surface area contributed by atoms with Crippen LogP contribution in [0, 0.1) is 19.8 Å². The van der Waals surface area contributed by atoms with Gasteiger partial charge in [0.25, 0.3) is 5.56 Å². The molecule has 32 heavy (non-hydrogen) atoms. The van der Waals surface area contributed by atoms with Gasteiger partial charge in [-0.1, -0.05) is 12.1 Å². The molecule has 10 heteroatoms. The first-order valence-electron chi connectivity index (χ1n) is 10.6. The normalized spacial score (nSPS) is 18.6. The van der Waals surface area contributed by atoms with E-state index in [2.05, 4.69) is 20.6 Å². The van der Waals surface area contributed by atoms with Crippen LogP contribution < -0.4 is 26.8 Å². The summed E-state index contributed by atoms with van der Waals surface area (Å²) < 4.78 is 0. The van der Waals surface area contributed by atoms with E-state index in [0.29, 0.717) is 37.6 Å². The van der Waals surface area contributed by atoms with Gasteiger partial charge >= 0.3 is 0 Å². The largest absolute Gasteiger partial charge is 0.369 e. The van der Waals surface area contributed by atoms with Crippen LogP contribution in [0.2, 0.25) is 0 Å². The van der Waals surface area contributed by atoms with Crippen molar-refractivity contribution in [1.82, 2.24) is 9.97 Å². The van der Waals surface area contributed by atoms with Crippen molar-refractivity contribution in [2.24, 2.45) is 11.7 Å². The monoisotopic (exact) mass is 438 g/mol. The first-order chi connectivity index (χ1) is 15.2. The molecular formula is C22H26N6O4. The molecular weight excluding hydrogens is 412 g/mol. The number of carbonyl (C=O) groups excluding carboxylic acids is 3. The van der Waals surface area contributed by atoms with Crippen LogP contribution in [0.5, 0.6) is 0 Å². The summed E-state index contributed by atoms with van der Waals surface area (Å²) in [6.45, 7) is 4.79. The number of nitrogens with one attached hydrogen (secondary N) is 3. The van der Waals surface area contributed by atoms with E-state index in [0.717, 1.165) is 11.1 Å². The van der Waals surface area contributed by atoms with Crippen molar-refractivity contribution in [3.8, 4) is 0 Å². The SMILES string of the molecule is Cc1ccc(C)c(NC(=O)C2CC(=O)Nc3nc(N4CCC(C(N)=O)CC4)[nH]c(=O)c32)c1. The Labute approximate surface area is 184 Å². The molecule has 5 N–H and O–H groups in total. The Morgan fingerprint density at radius 2 is 1.91 bits per heavy atom. The van der Waals surface area contributed by atoms with Gasteiger partial charge in [-0.15, -0.1) is 0 Å². The topological polar surface area (TPSA) is 150 Å². The molecule has 4 rings (SSSR count). The number of carbonyl (C=O) groups is 3. The molecule has 0 spiro atoms. The summed E-state index contributed by atoms with van der Waals surface area (Å²) in [5.74, 6) is -1.91. The third-order valence-corrected chi connectivity index (χ3v) is 6.10. The summed E-state index contributed by atoms with van der Waals surface area (Å²) in [4.78, 5) is 58.8. The van der Waals surface area contributed by atoms with Crippen LogP contribution in [0.25, 0.3) is 0 Å². The average molecular weight is 438 g/mol. The molecule has 0 aliphatic carbocycles. The number of nitrogens with two attached hydrogens (primary N) is 1. The third-order valence-electron chi connectivity index (χ3n) is 6.10. The number of anilines is 3. The van der Waals surface area contributed by atoms with Gasteiger partial charge in [-0.3, -0.25) is 24.2 Å². The Morgan fingerprint density at radius 1 is 1.19 bits per heavy atom. The Balaban J connectivity index is 1.61. The molecule has 2 aliphatic rings. The van der Waals surface area contributed by atoms with E-state index in [-0.39, 0.29) is 35.5 Å². The maximum absolute atomic E-state index is 13.1. The van der Waals surface area contributed by atoms with Crippen molar-refractivity contribution < 1.29 is 14.4 Å². The van der Waals surface area contributed by atoms with Crippen molar-refractivity contribution in [3.63, 3.8) is 0 Å². The predicted octanol–water partition coefficient (Wildman–Crippen LogP) is 1.15. The van der Waals surface area contributed by atoms with E-state index in [1.54, 1.807) is 0 Å². The third kappa shape index (κ3) is 4.20. The van der Waals surface area contributed by atoms with Gasteiger partial charge in [0.05, 0.1) is 11.5 Å². The lowest BCUT2D eigenvalue weighted by Crippen LogP contribution is -2.41. The van der Waals surface area contributed by atoms with Gasteiger partial charge in [-0.25, -0.2) is 0 Å². The summed E-state index contributed by atoms with van der Waals surface area (Å²) in [6, 6.07) is 5.68. The van der Waals surface area contributed by atoms with Crippen molar-refractivity contribution in [1.29, 1.82) is 0 Å². The Morgan fingerprint density at radius 3 is 2.59 bits per heavy atom. The molecule has 2 aliphatic heterocycles.